The summed E-state index contributed by atoms with van der Waals surface area (Å²) in [5, 5.41) is 20.8. The van der Waals surface area contributed by atoms with Gasteiger partial charge in [-0.05, 0) is 6.92 Å². The molecule has 2 heterocycles. The summed E-state index contributed by atoms with van der Waals surface area (Å²) >= 11 is 1.06. The van der Waals surface area contributed by atoms with E-state index in [9.17, 15) is 4.79 Å². The number of carboxylic acid groups (broad SMARTS) is 1. The molecule has 0 aliphatic rings. The molecule has 0 radical (unpaired) electrons. The molecule has 0 unspecified atom stereocenters. The molecule has 0 fully saturated rings. The predicted octanol–water partition coefficient (Wildman–Crippen LogP) is 0.243. The van der Waals surface area contributed by atoms with Crippen molar-refractivity contribution in [2.45, 2.75) is 18.6 Å². The van der Waals surface area contributed by atoms with E-state index in [1.807, 2.05) is 6.92 Å². The van der Waals surface area contributed by atoms with Crippen molar-refractivity contribution in [3.05, 3.63) is 12.4 Å². The van der Waals surface area contributed by atoms with Crippen LogP contribution in [0.5, 0.6) is 0 Å². The van der Waals surface area contributed by atoms with E-state index in [0.29, 0.717) is 10.8 Å². The highest BCUT2D eigenvalue weighted by Crippen LogP contribution is 2.22. The van der Waals surface area contributed by atoms with Gasteiger partial charge in [-0.2, -0.15) is 5.10 Å². The quantitative estimate of drug-likeness (QED) is 0.747. The van der Waals surface area contributed by atoms with Crippen LogP contribution in [-0.4, -0.2) is 41.4 Å². The summed E-state index contributed by atoms with van der Waals surface area (Å²) in [6, 6.07) is 0. The smallest absolute Gasteiger partial charge is 0.313 e. The number of nitrogens with two attached hydrogens (primary N) is 1. The molecule has 18 heavy (non-hydrogen) atoms. The average Bonchev–Trinajstić information content (AvgIpc) is 2.92. The average molecular weight is 268 g/mol. The van der Waals surface area contributed by atoms with E-state index in [2.05, 4.69) is 15.3 Å². The van der Waals surface area contributed by atoms with Crippen LogP contribution in [0, 0.1) is 0 Å². The van der Waals surface area contributed by atoms with Crippen molar-refractivity contribution in [3.8, 4) is 5.69 Å². The first kappa shape index (κ1) is 12.4. The first-order chi connectivity index (χ1) is 8.61. The minimum absolute atomic E-state index is 0.0972. The van der Waals surface area contributed by atoms with E-state index in [-0.39, 0.29) is 11.7 Å². The molecule has 2 rings (SSSR count). The van der Waals surface area contributed by atoms with Crippen LogP contribution >= 0.6 is 11.8 Å². The molecule has 0 aromatic carbocycles. The van der Waals surface area contributed by atoms with Gasteiger partial charge in [0.1, 0.15) is 0 Å². The van der Waals surface area contributed by atoms with Crippen molar-refractivity contribution in [2.24, 2.45) is 0 Å². The lowest BCUT2D eigenvalue weighted by Gasteiger charge is -2.03. The fourth-order valence-corrected chi connectivity index (χ4v) is 2.06. The summed E-state index contributed by atoms with van der Waals surface area (Å²) < 4.78 is 3.31. The summed E-state index contributed by atoms with van der Waals surface area (Å²) in [4.78, 5) is 10.6. The van der Waals surface area contributed by atoms with Crippen molar-refractivity contribution >= 4 is 23.7 Å². The largest absolute Gasteiger partial charge is 0.481 e. The molecule has 0 amide bonds. The Morgan fingerprint density at radius 3 is 2.94 bits per heavy atom. The Hall–Kier alpha value is -2.03. The van der Waals surface area contributed by atoms with Crippen LogP contribution in [0.4, 0.5) is 5.95 Å². The molecule has 0 aliphatic carbocycles. The Labute approximate surface area is 107 Å². The zero-order valence-electron chi connectivity index (χ0n) is 9.65. The van der Waals surface area contributed by atoms with Crippen LogP contribution < -0.4 is 5.73 Å². The fraction of sp³-hybridized carbons (Fsp3) is 0.333. The van der Waals surface area contributed by atoms with Gasteiger partial charge in [0.25, 0.3) is 0 Å². The molecule has 0 aliphatic heterocycles. The lowest BCUT2D eigenvalue weighted by atomic mass is 10.5. The third-order valence-electron chi connectivity index (χ3n) is 2.18. The van der Waals surface area contributed by atoms with Crippen molar-refractivity contribution in [3.63, 3.8) is 0 Å². The molecule has 96 valence electrons. The summed E-state index contributed by atoms with van der Waals surface area (Å²) in [6.45, 7) is 2.70. The molecule has 0 atom stereocenters. The summed E-state index contributed by atoms with van der Waals surface area (Å²) in [7, 11) is 0. The number of thioether (sulfide) groups is 1. The lowest BCUT2D eigenvalue weighted by molar-refractivity contribution is -0.133. The zero-order valence-corrected chi connectivity index (χ0v) is 10.5. The normalized spacial score (nSPS) is 10.7. The van der Waals surface area contributed by atoms with Gasteiger partial charge in [0.15, 0.2) is 5.16 Å². The molecule has 0 spiro atoms. The van der Waals surface area contributed by atoms with Gasteiger partial charge in [-0.1, -0.05) is 11.8 Å². The number of nitrogen functional groups attached to an aromatic ring is 1. The van der Waals surface area contributed by atoms with Gasteiger partial charge in [-0.25, -0.2) is 0 Å². The summed E-state index contributed by atoms with van der Waals surface area (Å²) in [5.41, 5.74) is 6.44. The van der Waals surface area contributed by atoms with Gasteiger partial charge in [0, 0.05) is 12.7 Å². The number of nitrogens with zero attached hydrogens (tertiary/aromatic N) is 5. The second-order valence-corrected chi connectivity index (χ2v) is 4.36. The molecular weight excluding hydrogens is 256 g/mol. The van der Waals surface area contributed by atoms with Crippen molar-refractivity contribution in [1.29, 1.82) is 0 Å². The number of aliphatic carboxylic acids is 1. The summed E-state index contributed by atoms with van der Waals surface area (Å²) in [5.74, 6) is -0.809. The van der Waals surface area contributed by atoms with E-state index in [4.69, 9.17) is 10.8 Å². The summed E-state index contributed by atoms with van der Waals surface area (Å²) in [6.07, 6.45) is 3.43. The second-order valence-electron chi connectivity index (χ2n) is 3.41. The van der Waals surface area contributed by atoms with Gasteiger partial charge in [-0.15, -0.1) is 10.2 Å². The van der Waals surface area contributed by atoms with Gasteiger partial charge in [-0.3, -0.25) is 14.0 Å². The monoisotopic (exact) mass is 268 g/mol. The molecule has 3 N–H and O–H groups in total. The molecule has 2 aromatic heterocycles. The molecule has 8 nitrogen and oxygen atoms in total. The number of carboxylic acids is 1. The number of hydrogen-bond donors (Lipinski definition) is 2. The Kier molecular flexibility index (Phi) is 3.51. The van der Waals surface area contributed by atoms with Gasteiger partial charge in [0.05, 0.1) is 17.6 Å². The Morgan fingerprint density at radius 2 is 2.33 bits per heavy atom. The van der Waals surface area contributed by atoms with Crippen molar-refractivity contribution in [2.75, 3.05) is 11.5 Å². The molecular formula is C9H12N6O2S. The van der Waals surface area contributed by atoms with E-state index < -0.39 is 5.97 Å². The van der Waals surface area contributed by atoms with E-state index in [0.717, 1.165) is 18.3 Å². The van der Waals surface area contributed by atoms with Crippen LogP contribution in [0.1, 0.15) is 6.92 Å². The highest BCUT2D eigenvalue weighted by Gasteiger charge is 2.14. The number of aryl methyl sites for hydroxylation is 1. The molecule has 9 heteroatoms. The van der Waals surface area contributed by atoms with Crippen LogP contribution in [0.25, 0.3) is 5.69 Å². The standard InChI is InChI=1S/C9H12N6O2S/c1-2-14-4-6(3-11-14)15-8(10)12-13-9(15)18-5-7(16)17/h3-4H,2,5H2,1H3,(H2,10,12)(H,16,17). The maximum atomic E-state index is 10.6. The minimum atomic E-state index is -0.919. The Balaban J connectivity index is 2.31. The number of hydrogen-bond acceptors (Lipinski definition) is 6. The zero-order chi connectivity index (χ0) is 13.1. The number of rotatable bonds is 5. The molecule has 0 saturated heterocycles. The molecule has 0 bridgehead atoms. The van der Waals surface area contributed by atoms with Gasteiger partial charge in [0.2, 0.25) is 5.95 Å². The predicted molar refractivity (Wildman–Crippen MR) is 65.6 cm³/mol. The van der Waals surface area contributed by atoms with Crippen molar-refractivity contribution in [1.82, 2.24) is 24.5 Å². The maximum Gasteiger partial charge on any atom is 0.313 e. The second kappa shape index (κ2) is 5.08. The van der Waals surface area contributed by atoms with E-state index in [1.54, 1.807) is 21.6 Å². The Bertz CT molecular complexity index is 563. The van der Waals surface area contributed by atoms with E-state index >= 15 is 0 Å². The molecule has 2 aromatic rings. The van der Waals surface area contributed by atoms with Crippen molar-refractivity contribution < 1.29 is 9.90 Å². The topological polar surface area (TPSA) is 112 Å². The minimum Gasteiger partial charge on any atom is -0.481 e. The first-order valence-corrected chi connectivity index (χ1v) is 6.18. The molecule has 0 saturated carbocycles. The third-order valence-corrected chi connectivity index (χ3v) is 3.10. The lowest BCUT2D eigenvalue weighted by Crippen LogP contribution is -2.04. The first-order valence-electron chi connectivity index (χ1n) is 5.20. The fourth-order valence-electron chi connectivity index (χ4n) is 1.38. The SMILES string of the molecule is CCn1cc(-n2c(N)nnc2SCC(=O)O)cn1. The van der Waals surface area contributed by atoms with Crippen LogP contribution in [0.2, 0.25) is 0 Å². The number of anilines is 1. The van der Waals surface area contributed by atoms with Gasteiger partial charge >= 0.3 is 5.97 Å². The Morgan fingerprint density at radius 1 is 1.56 bits per heavy atom. The van der Waals surface area contributed by atoms with Crippen LogP contribution in [0.15, 0.2) is 17.6 Å². The maximum absolute atomic E-state index is 10.6. The van der Waals surface area contributed by atoms with Gasteiger partial charge < -0.3 is 10.8 Å². The number of carbonyl (C=O) groups is 1. The van der Waals surface area contributed by atoms with Crippen LogP contribution in [0.3, 0.4) is 0 Å². The highest BCUT2D eigenvalue weighted by molar-refractivity contribution is 7.99. The highest BCUT2D eigenvalue weighted by atomic mass is 32.2. The van der Waals surface area contributed by atoms with E-state index in [1.165, 1.54) is 0 Å². The number of aromatic nitrogens is 5. The van der Waals surface area contributed by atoms with Crippen LogP contribution in [-0.2, 0) is 11.3 Å². The third kappa shape index (κ3) is 2.45.